The normalized spacial score (nSPS) is 10.9. The fraction of sp³-hybridized carbons (Fsp3) is 0.250. The maximum absolute atomic E-state index is 13.0. The van der Waals surface area contributed by atoms with Gasteiger partial charge in [-0.05, 0) is 6.07 Å². The molecule has 0 unspecified atom stereocenters. The van der Waals surface area contributed by atoms with Crippen LogP contribution in [0.1, 0.15) is 5.69 Å². The van der Waals surface area contributed by atoms with Crippen molar-refractivity contribution in [1.82, 2.24) is 4.98 Å². The first-order valence-corrected chi connectivity index (χ1v) is 4.90. The molecule has 0 atom stereocenters. The first-order valence-electron chi connectivity index (χ1n) is 3.38. The average Bonchev–Trinajstić information content (AvgIpc) is 2.18. The topological polar surface area (TPSA) is 17.2 Å². The van der Waals surface area contributed by atoms with Crippen molar-refractivity contribution >= 4 is 28.3 Å². The molecule has 0 aliphatic carbocycles. The molecule has 0 saturated heterocycles. The molecule has 1 heterocycles. The number of alkyl halides is 3. The number of rotatable bonds is 2. The Balaban J connectivity index is 3.00. The first-order chi connectivity index (χ1) is 6.10. The van der Waals surface area contributed by atoms with Gasteiger partial charge in [-0.2, -0.15) is 8.78 Å². The van der Waals surface area contributed by atoms with E-state index in [4.69, 9.17) is 6.57 Å². The number of hydrogen-bond donors (Lipinski definition) is 0. The summed E-state index contributed by atoms with van der Waals surface area (Å²) in [6.45, 7) is 6.61. The molecule has 0 bridgehead atoms. The van der Waals surface area contributed by atoms with Crippen molar-refractivity contribution < 1.29 is 8.78 Å². The summed E-state index contributed by atoms with van der Waals surface area (Å²) in [4.78, 5) is 6.58. The van der Waals surface area contributed by atoms with E-state index >= 15 is 0 Å². The van der Waals surface area contributed by atoms with Crippen molar-refractivity contribution in [3.05, 3.63) is 35.4 Å². The fourth-order valence-corrected chi connectivity index (χ4v) is 1.13. The largest absolute Gasteiger partial charge is 0.298 e. The van der Waals surface area contributed by atoms with Crippen LogP contribution in [-0.2, 0) is 5.92 Å². The molecule has 1 aromatic heterocycles. The Morgan fingerprint density at radius 1 is 1.54 bits per heavy atom. The lowest BCUT2D eigenvalue weighted by Gasteiger charge is -2.11. The van der Waals surface area contributed by atoms with Crippen LogP contribution in [0.15, 0.2) is 18.3 Å². The number of hydrogen-bond acceptors (Lipinski definition) is 1. The zero-order chi connectivity index (χ0) is 9.90. The number of halogens is 3. The second-order valence-corrected chi connectivity index (χ2v) is 3.11. The highest BCUT2D eigenvalue weighted by Gasteiger charge is 2.31. The van der Waals surface area contributed by atoms with E-state index in [1.54, 1.807) is 22.6 Å². The predicted molar refractivity (Wildman–Crippen MR) is 53.3 cm³/mol. The molecular weight excluding hydrogens is 289 g/mol. The van der Waals surface area contributed by atoms with Crippen LogP contribution in [0.2, 0.25) is 0 Å². The molecule has 0 radical (unpaired) electrons. The van der Waals surface area contributed by atoms with Crippen molar-refractivity contribution in [3.63, 3.8) is 0 Å². The molecular formula is C8H5F2IN2. The molecule has 0 aromatic carbocycles. The van der Waals surface area contributed by atoms with Crippen LogP contribution in [0.25, 0.3) is 4.85 Å². The molecule has 0 fully saturated rings. The summed E-state index contributed by atoms with van der Waals surface area (Å²) in [5.41, 5.74) is -0.0118. The lowest BCUT2D eigenvalue weighted by Crippen LogP contribution is -2.16. The molecule has 0 amide bonds. The van der Waals surface area contributed by atoms with Crippen LogP contribution in [0.4, 0.5) is 14.5 Å². The molecule has 0 saturated carbocycles. The Morgan fingerprint density at radius 3 is 2.62 bits per heavy atom. The molecule has 0 aliphatic rings. The van der Waals surface area contributed by atoms with Crippen LogP contribution in [0.3, 0.4) is 0 Å². The summed E-state index contributed by atoms with van der Waals surface area (Å²) in [6.07, 6.45) is 1.16. The maximum atomic E-state index is 13.0. The van der Waals surface area contributed by atoms with E-state index in [-0.39, 0.29) is 15.8 Å². The molecule has 68 valence electrons. The summed E-state index contributed by atoms with van der Waals surface area (Å²) >= 11 is 1.60. The summed E-state index contributed by atoms with van der Waals surface area (Å²) < 4.78 is 25.6. The molecule has 1 rings (SSSR count). The Kier molecular flexibility index (Phi) is 3.14. The molecule has 0 aliphatic heterocycles. The van der Waals surface area contributed by atoms with Crippen molar-refractivity contribution in [2.45, 2.75) is 5.92 Å². The van der Waals surface area contributed by atoms with E-state index in [9.17, 15) is 8.78 Å². The Morgan fingerprint density at radius 2 is 2.23 bits per heavy atom. The van der Waals surface area contributed by atoms with E-state index in [1.165, 1.54) is 12.1 Å². The second-order valence-electron chi connectivity index (χ2n) is 2.35. The summed E-state index contributed by atoms with van der Waals surface area (Å²) in [5.74, 6) is -2.90. The zero-order valence-electron chi connectivity index (χ0n) is 6.47. The molecule has 13 heavy (non-hydrogen) atoms. The van der Waals surface area contributed by atoms with E-state index in [2.05, 4.69) is 9.83 Å². The summed E-state index contributed by atoms with van der Waals surface area (Å²) in [6, 6.07) is 2.53. The zero-order valence-corrected chi connectivity index (χ0v) is 8.62. The lowest BCUT2D eigenvalue weighted by atomic mass is 10.2. The smallest absolute Gasteiger partial charge is 0.267 e. The van der Waals surface area contributed by atoms with Crippen molar-refractivity contribution in [2.24, 2.45) is 0 Å². The van der Waals surface area contributed by atoms with E-state index in [0.717, 1.165) is 6.20 Å². The highest BCUT2D eigenvalue weighted by Crippen LogP contribution is 2.29. The molecule has 5 heteroatoms. The fourth-order valence-electron chi connectivity index (χ4n) is 0.737. The van der Waals surface area contributed by atoms with Gasteiger partial charge < -0.3 is 0 Å². The standard InChI is InChI=1S/C8H5F2IN2/c1-12-6-2-3-7(13-4-6)8(9,10)5-11/h2-4H,5H2. The SMILES string of the molecule is [C-]#[N+]c1ccc(C(F)(F)CI)nc1. The Hall–Kier alpha value is -0.770. The van der Waals surface area contributed by atoms with Gasteiger partial charge in [-0.15, -0.1) is 0 Å². The number of nitrogens with zero attached hydrogens (tertiary/aromatic N) is 2. The third kappa shape index (κ3) is 2.34. The number of pyridine rings is 1. The first kappa shape index (κ1) is 10.3. The summed E-state index contributed by atoms with van der Waals surface area (Å²) in [7, 11) is 0. The molecule has 0 spiro atoms. The van der Waals surface area contributed by atoms with Gasteiger partial charge in [-0.3, -0.25) is 4.98 Å². The van der Waals surface area contributed by atoms with E-state index in [0.29, 0.717) is 0 Å². The summed E-state index contributed by atoms with van der Waals surface area (Å²) in [5, 5.41) is 0. The molecule has 2 nitrogen and oxygen atoms in total. The van der Waals surface area contributed by atoms with Gasteiger partial charge in [0.05, 0.1) is 11.0 Å². The minimum absolute atomic E-state index is 0.271. The minimum atomic E-state index is -2.90. The van der Waals surface area contributed by atoms with Gasteiger partial charge in [-0.25, -0.2) is 4.85 Å². The van der Waals surface area contributed by atoms with E-state index < -0.39 is 5.92 Å². The number of aromatic nitrogens is 1. The maximum Gasteiger partial charge on any atom is 0.298 e. The quantitative estimate of drug-likeness (QED) is 0.465. The van der Waals surface area contributed by atoms with Gasteiger partial charge in [0.15, 0.2) is 0 Å². The van der Waals surface area contributed by atoms with Gasteiger partial charge in [0.1, 0.15) is 5.69 Å². The predicted octanol–water partition coefficient (Wildman–Crippen LogP) is 3.16. The Bertz CT molecular complexity index is 329. The third-order valence-corrected chi connectivity index (χ3v) is 2.38. The van der Waals surface area contributed by atoms with Gasteiger partial charge in [0.25, 0.3) is 5.92 Å². The molecule has 1 aromatic rings. The van der Waals surface area contributed by atoms with Crippen LogP contribution in [0, 0.1) is 6.57 Å². The third-order valence-electron chi connectivity index (χ3n) is 1.42. The average molecular weight is 294 g/mol. The lowest BCUT2D eigenvalue weighted by molar-refractivity contribution is 0.0218. The minimum Gasteiger partial charge on any atom is -0.267 e. The van der Waals surface area contributed by atoms with Crippen LogP contribution in [-0.4, -0.2) is 9.41 Å². The molecule has 0 N–H and O–H groups in total. The highest BCUT2D eigenvalue weighted by molar-refractivity contribution is 14.1. The van der Waals surface area contributed by atoms with Gasteiger partial charge >= 0.3 is 0 Å². The van der Waals surface area contributed by atoms with Crippen LogP contribution >= 0.6 is 22.6 Å². The highest BCUT2D eigenvalue weighted by atomic mass is 127. The van der Waals surface area contributed by atoms with E-state index in [1.807, 2.05) is 0 Å². The van der Waals surface area contributed by atoms with Crippen molar-refractivity contribution in [1.29, 1.82) is 0 Å². The van der Waals surface area contributed by atoms with Crippen molar-refractivity contribution in [3.8, 4) is 0 Å². The second kappa shape index (κ2) is 3.96. The van der Waals surface area contributed by atoms with Gasteiger partial charge in [0, 0.05) is 6.20 Å². The van der Waals surface area contributed by atoms with Crippen molar-refractivity contribution in [2.75, 3.05) is 4.43 Å². The van der Waals surface area contributed by atoms with Gasteiger partial charge in [-0.1, -0.05) is 28.7 Å². The van der Waals surface area contributed by atoms with Crippen LogP contribution in [0.5, 0.6) is 0 Å². The van der Waals surface area contributed by atoms with Gasteiger partial charge in [0.2, 0.25) is 5.69 Å². The van der Waals surface area contributed by atoms with Crippen LogP contribution < -0.4 is 0 Å². The monoisotopic (exact) mass is 294 g/mol. The Labute approximate surface area is 87.9 Å².